The van der Waals surface area contributed by atoms with Crippen LogP contribution >= 0.6 is 0 Å². The standard InChI is InChI=1S/C23H27N3O6/c1-15(20(27)25-16(2)22(29)30)24-21(28)19(13-17-9-5-3-6-10-17)26-23(31)32-14-18-11-7-4-8-12-18/h3-12,15-16,19H,13-14H2,1-2H3,(H,24,28)(H,25,27)(H,26,31)(H,29,30). The Hall–Kier alpha value is -3.88. The van der Waals surface area contributed by atoms with Crippen LogP contribution in [0.25, 0.3) is 0 Å². The number of nitrogens with one attached hydrogen (secondary N) is 3. The topological polar surface area (TPSA) is 134 Å². The van der Waals surface area contributed by atoms with Gasteiger partial charge in [0.05, 0.1) is 0 Å². The molecule has 3 unspecified atom stereocenters. The number of benzene rings is 2. The minimum absolute atomic E-state index is 0.0399. The molecule has 3 amide bonds. The Kier molecular flexibility index (Phi) is 9.22. The Morgan fingerprint density at radius 2 is 1.31 bits per heavy atom. The van der Waals surface area contributed by atoms with E-state index in [1.165, 1.54) is 13.8 Å². The fraction of sp³-hybridized carbons (Fsp3) is 0.304. The van der Waals surface area contributed by atoms with Crippen LogP contribution in [-0.2, 0) is 32.1 Å². The average Bonchev–Trinajstić information content (AvgIpc) is 2.78. The Labute approximate surface area is 186 Å². The lowest BCUT2D eigenvalue weighted by Crippen LogP contribution is -2.55. The zero-order chi connectivity index (χ0) is 23.5. The summed E-state index contributed by atoms with van der Waals surface area (Å²) >= 11 is 0. The van der Waals surface area contributed by atoms with Gasteiger partial charge in [-0.1, -0.05) is 60.7 Å². The Morgan fingerprint density at radius 1 is 0.781 bits per heavy atom. The number of ether oxygens (including phenoxy) is 1. The van der Waals surface area contributed by atoms with Crippen LogP contribution in [-0.4, -0.2) is 47.1 Å². The molecule has 9 nitrogen and oxygen atoms in total. The maximum atomic E-state index is 12.8. The minimum atomic E-state index is -1.19. The van der Waals surface area contributed by atoms with E-state index in [4.69, 9.17) is 9.84 Å². The zero-order valence-corrected chi connectivity index (χ0v) is 17.9. The first kappa shape index (κ1) is 24.4. The summed E-state index contributed by atoms with van der Waals surface area (Å²) in [6.07, 6.45) is -0.603. The van der Waals surface area contributed by atoms with Gasteiger partial charge < -0.3 is 25.8 Å². The van der Waals surface area contributed by atoms with Crippen LogP contribution in [0.4, 0.5) is 4.79 Å². The van der Waals surface area contributed by atoms with Crippen molar-refractivity contribution in [1.29, 1.82) is 0 Å². The summed E-state index contributed by atoms with van der Waals surface area (Å²) in [5.74, 6) is -2.45. The highest BCUT2D eigenvalue weighted by Crippen LogP contribution is 2.06. The van der Waals surface area contributed by atoms with Gasteiger partial charge in [0.1, 0.15) is 24.7 Å². The van der Waals surface area contributed by atoms with Crippen molar-refractivity contribution in [2.45, 2.75) is 45.0 Å². The van der Waals surface area contributed by atoms with E-state index in [9.17, 15) is 19.2 Å². The van der Waals surface area contributed by atoms with E-state index in [1.54, 1.807) is 24.3 Å². The first-order valence-corrected chi connectivity index (χ1v) is 10.1. The van der Waals surface area contributed by atoms with Crippen molar-refractivity contribution in [3.8, 4) is 0 Å². The second kappa shape index (κ2) is 12.1. The van der Waals surface area contributed by atoms with Crippen molar-refractivity contribution in [3.63, 3.8) is 0 Å². The van der Waals surface area contributed by atoms with E-state index < -0.39 is 42.0 Å². The minimum Gasteiger partial charge on any atom is -0.480 e. The summed E-state index contributed by atoms with van der Waals surface area (Å²) < 4.78 is 5.20. The molecule has 2 rings (SSSR count). The van der Waals surface area contributed by atoms with Crippen molar-refractivity contribution < 1.29 is 29.0 Å². The molecular formula is C23H27N3O6. The van der Waals surface area contributed by atoms with E-state index in [0.717, 1.165) is 11.1 Å². The van der Waals surface area contributed by atoms with Crippen molar-refractivity contribution in [2.24, 2.45) is 0 Å². The summed E-state index contributed by atoms with van der Waals surface area (Å²) in [5, 5.41) is 16.3. The smallest absolute Gasteiger partial charge is 0.408 e. The number of hydrogen-bond acceptors (Lipinski definition) is 5. The molecule has 0 aliphatic carbocycles. The second-order valence-electron chi connectivity index (χ2n) is 7.25. The van der Waals surface area contributed by atoms with E-state index in [-0.39, 0.29) is 13.0 Å². The molecule has 0 aliphatic rings. The predicted molar refractivity (Wildman–Crippen MR) is 117 cm³/mol. The maximum absolute atomic E-state index is 12.8. The molecule has 0 bridgehead atoms. The molecule has 0 saturated heterocycles. The molecule has 0 fully saturated rings. The van der Waals surface area contributed by atoms with Crippen LogP contribution < -0.4 is 16.0 Å². The molecule has 0 spiro atoms. The number of amides is 3. The van der Waals surface area contributed by atoms with Gasteiger partial charge in [-0.3, -0.25) is 14.4 Å². The van der Waals surface area contributed by atoms with Gasteiger partial charge in [-0.05, 0) is 25.0 Å². The summed E-state index contributed by atoms with van der Waals surface area (Å²) in [6.45, 7) is 2.78. The summed E-state index contributed by atoms with van der Waals surface area (Å²) in [6, 6.07) is 15.0. The van der Waals surface area contributed by atoms with Gasteiger partial charge >= 0.3 is 12.1 Å². The molecule has 32 heavy (non-hydrogen) atoms. The van der Waals surface area contributed by atoms with Crippen molar-refractivity contribution in [2.75, 3.05) is 0 Å². The van der Waals surface area contributed by atoms with E-state index >= 15 is 0 Å². The van der Waals surface area contributed by atoms with Gasteiger partial charge in [0.2, 0.25) is 11.8 Å². The normalized spacial score (nSPS) is 13.2. The lowest BCUT2D eigenvalue weighted by atomic mass is 10.1. The lowest BCUT2D eigenvalue weighted by molar-refractivity contribution is -0.141. The summed E-state index contributed by atoms with van der Waals surface area (Å²) in [4.78, 5) is 48.2. The summed E-state index contributed by atoms with van der Waals surface area (Å²) in [7, 11) is 0. The van der Waals surface area contributed by atoms with Crippen molar-refractivity contribution in [1.82, 2.24) is 16.0 Å². The number of rotatable bonds is 10. The monoisotopic (exact) mass is 441 g/mol. The molecular weight excluding hydrogens is 414 g/mol. The van der Waals surface area contributed by atoms with Gasteiger partial charge in [0.15, 0.2) is 0 Å². The number of aliphatic carboxylic acids is 1. The first-order valence-electron chi connectivity index (χ1n) is 10.1. The van der Waals surface area contributed by atoms with Gasteiger partial charge in [0, 0.05) is 6.42 Å². The molecule has 3 atom stereocenters. The van der Waals surface area contributed by atoms with Crippen LogP contribution in [0.3, 0.4) is 0 Å². The van der Waals surface area contributed by atoms with E-state index in [2.05, 4.69) is 16.0 Å². The first-order chi connectivity index (χ1) is 15.3. The number of carboxylic acids is 1. The van der Waals surface area contributed by atoms with Crippen LogP contribution in [0.1, 0.15) is 25.0 Å². The van der Waals surface area contributed by atoms with E-state index in [0.29, 0.717) is 0 Å². The van der Waals surface area contributed by atoms with Crippen molar-refractivity contribution in [3.05, 3.63) is 71.8 Å². The Bertz CT molecular complexity index is 920. The molecule has 170 valence electrons. The molecule has 0 aliphatic heterocycles. The SMILES string of the molecule is CC(NC(=O)C(C)NC(=O)C(Cc1ccccc1)NC(=O)OCc1ccccc1)C(=O)O. The molecule has 2 aromatic carbocycles. The van der Waals surface area contributed by atoms with Gasteiger partial charge in [-0.25, -0.2) is 4.79 Å². The van der Waals surface area contributed by atoms with E-state index in [1.807, 2.05) is 36.4 Å². The number of carbonyl (C=O) groups excluding carboxylic acids is 3. The Morgan fingerprint density at radius 3 is 1.88 bits per heavy atom. The molecule has 0 saturated carbocycles. The zero-order valence-electron chi connectivity index (χ0n) is 17.9. The van der Waals surface area contributed by atoms with Gasteiger partial charge in [-0.15, -0.1) is 0 Å². The number of hydrogen-bond donors (Lipinski definition) is 4. The van der Waals surface area contributed by atoms with Crippen LogP contribution in [0.15, 0.2) is 60.7 Å². The number of carboxylic acid groups (broad SMARTS) is 1. The fourth-order valence-corrected chi connectivity index (χ4v) is 2.75. The highest BCUT2D eigenvalue weighted by atomic mass is 16.5. The molecule has 0 heterocycles. The molecule has 9 heteroatoms. The largest absolute Gasteiger partial charge is 0.480 e. The molecule has 0 radical (unpaired) electrons. The third-order valence-electron chi connectivity index (χ3n) is 4.59. The maximum Gasteiger partial charge on any atom is 0.408 e. The predicted octanol–water partition coefficient (Wildman–Crippen LogP) is 1.62. The van der Waals surface area contributed by atoms with Gasteiger partial charge in [0.25, 0.3) is 0 Å². The number of alkyl carbamates (subject to hydrolysis) is 1. The summed E-state index contributed by atoms with van der Waals surface area (Å²) in [5.41, 5.74) is 1.59. The molecule has 4 N–H and O–H groups in total. The third-order valence-corrected chi connectivity index (χ3v) is 4.59. The quantitative estimate of drug-likeness (QED) is 0.443. The third kappa shape index (κ3) is 8.10. The van der Waals surface area contributed by atoms with Crippen LogP contribution in [0.2, 0.25) is 0 Å². The highest BCUT2D eigenvalue weighted by Gasteiger charge is 2.26. The van der Waals surface area contributed by atoms with Gasteiger partial charge in [-0.2, -0.15) is 0 Å². The highest BCUT2D eigenvalue weighted by molar-refractivity contribution is 5.92. The molecule has 2 aromatic rings. The van der Waals surface area contributed by atoms with Crippen LogP contribution in [0.5, 0.6) is 0 Å². The number of carbonyl (C=O) groups is 4. The lowest BCUT2D eigenvalue weighted by Gasteiger charge is -2.22. The molecule has 0 aromatic heterocycles. The van der Waals surface area contributed by atoms with Crippen molar-refractivity contribution >= 4 is 23.9 Å². The Balaban J connectivity index is 2.01. The fourth-order valence-electron chi connectivity index (χ4n) is 2.75. The van der Waals surface area contributed by atoms with Crippen LogP contribution in [0, 0.1) is 0 Å². The average molecular weight is 441 g/mol. The second-order valence-corrected chi connectivity index (χ2v) is 7.25.